The van der Waals surface area contributed by atoms with Crippen molar-refractivity contribution in [1.82, 2.24) is 10.2 Å². The molecule has 2 aliphatic heterocycles. The van der Waals surface area contributed by atoms with Crippen molar-refractivity contribution in [2.75, 3.05) is 32.8 Å². The summed E-state index contributed by atoms with van der Waals surface area (Å²) in [6.45, 7) is 5.25. The Morgan fingerprint density at radius 2 is 1.95 bits per heavy atom. The van der Waals surface area contributed by atoms with Crippen LogP contribution in [0.15, 0.2) is 24.3 Å². The third-order valence-electron chi connectivity index (χ3n) is 4.17. The Hall–Kier alpha value is -0.550. The summed E-state index contributed by atoms with van der Waals surface area (Å²) in [6, 6.07) is 7.01. The number of benzene rings is 1. The predicted molar refractivity (Wildman–Crippen MR) is 87.3 cm³/mol. The summed E-state index contributed by atoms with van der Waals surface area (Å²) in [5.74, 6) is 1.15. The van der Waals surface area contributed by atoms with Gasteiger partial charge in [0.05, 0.1) is 6.61 Å². The molecule has 2 heterocycles. The lowest BCUT2D eigenvalue weighted by Crippen LogP contribution is -2.55. The molecule has 1 N–H and O–H groups in total. The van der Waals surface area contributed by atoms with Crippen LogP contribution in [-0.4, -0.2) is 43.7 Å². The smallest absolute Gasteiger partial charge is 0.123 e. The van der Waals surface area contributed by atoms with E-state index in [4.69, 9.17) is 4.74 Å². The van der Waals surface area contributed by atoms with Crippen molar-refractivity contribution in [3.8, 4) is 5.75 Å². The van der Waals surface area contributed by atoms with Crippen molar-refractivity contribution >= 4 is 24.8 Å². The highest BCUT2D eigenvalue weighted by Gasteiger charge is 2.29. The normalized spacial score (nSPS) is 25.2. The average Bonchev–Trinajstić information content (AvgIpc) is 2.46. The third-order valence-corrected chi connectivity index (χ3v) is 4.17. The van der Waals surface area contributed by atoms with Crippen LogP contribution < -0.4 is 10.1 Å². The Labute approximate surface area is 138 Å². The first-order valence-electron chi connectivity index (χ1n) is 7.14. The van der Waals surface area contributed by atoms with Gasteiger partial charge in [0.25, 0.3) is 0 Å². The van der Waals surface area contributed by atoms with Crippen LogP contribution >= 0.6 is 24.8 Å². The van der Waals surface area contributed by atoms with E-state index in [2.05, 4.69) is 10.2 Å². The van der Waals surface area contributed by atoms with Crippen LogP contribution in [0, 0.1) is 11.7 Å². The molecule has 1 unspecified atom stereocenters. The molecule has 3 nitrogen and oxygen atoms in total. The molecule has 1 aromatic carbocycles. The molecule has 2 aliphatic rings. The lowest BCUT2D eigenvalue weighted by atomic mass is 9.92. The summed E-state index contributed by atoms with van der Waals surface area (Å²) < 4.78 is 18.6. The van der Waals surface area contributed by atoms with Crippen molar-refractivity contribution in [3.63, 3.8) is 0 Å². The van der Waals surface area contributed by atoms with Crippen LogP contribution in [-0.2, 0) is 0 Å². The second-order valence-electron chi connectivity index (χ2n) is 5.56. The summed E-state index contributed by atoms with van der Waals surface area (Å²) in [4.78, 5) is 2.58. The molecule has 2 saturated heterocycles. The summed E-state index contributed by atoms with van der Waals surface area (Å²) in [5, 5.41) is 3.45. The monoisotopic (exact) mass is 336 g/mol. The zero-order valence-electron chi connectivity index (χ0n) is 12.0. The van der Waals surface area contributed by atoms with Crippen LogP contribution in [0.25, 0.3) is 0 Å². The molecule has 0 spiro atoms. The van der Waals surface area contributed by atoms with Gasteiger partial charge in [-0.15, -0.1) is 24.8 Å². The minimum Gasteiger partial charge on any atom is -0.493 e. The van der Waals surface area contributed by atoms with Gasteiger partial charge in [0, 0.05) is 38.1 Å². The summed E-state index contributed by atoms with van der Waals surface area (Å²) >= 11 is 0. The number of hydrogen-bond donors (Lipinski definition) is 1. The molecule has 0 amide bonds. The molecule has 120 valence electrons. The van der Waals surface area contributed by atoms with Gasteiger partial charge in [0.1, 0.15) is 11.6 Å². The number of halogens is 3. The fourth-order valence-electron chi connectivity index (χ4n) is 3.06. The minimum atomic E-state index is -0.214. The van der Waals surface area contributed by atoms with Crippen molar-refractivity contribution in [3.05, 3.63) is 30.1 Å². The Morgan fingerprint density at radius 3 is 2.71 bits per heavy atom. The molecule has 0 aliphatic carbocycles. The predicted octanol–water partition coefficient (Wildman–Crippen LogP) is 2.73. The van der Waals surface area contributed by atoms with E-state index < -0.39 is 0 Å². The Balaban J connectivity index is 0.00000110. The number of rotatable bonds is 3. The zero-order valence-corrected chi connectivity index (χ0v) is 13.6. The molecular weight excluding hydrogens is 314 g/mol. The molecule has 0 radical (unpaired) electrons. The van der Waals surface area contributed by atoms with Crippen LogP contribution in [0.3, 0.4) is 0 Å². The molecule has 0 aromatic heterocycles. The number of hydrogen-bond acceptors (Lipinski definition) is 3. The van der Waals surface area contributed by atoms with Gasteiger partial charge in [0.2, 0.25) is 0 Å². The van der Waals surface area contributed by atoms with E-state index in [0.717, 1.165) is 44.6 Å². The Bertz CT molecular complexity index is 419. The molecule has 21 heavy (non-hydrogen) atoms. The number of nitrogens with zero attached hydrogens (tertiary/aromatic N) is 1. The topological polar surface area (TPSA) is 24.5 Å². The number of piperidine rings is 1. The molecule has 2 fully saturated rings. The second kappa shape index (κ2) is 8.79. The molecule has 1 aromatic rings. The molecular formula is C15H23Cl2FN2O. The standard InChI is InChI=1S/C15H21FN2O.2ClH/c16-13-2-5-15(6-3-13)19-11-12-1-4-14-9-17-7-8-18(14)10-12;;/h2-3,5-6,12,14,17H,1,4,7-11H2;2*1H/t12-,14?;;/m0../s1. The number of ether oxygens (including phenoxy) is 1. The lowest BCUT2D eigenvalue weighted by Gasteiger charge is -2.42. The van der Waals surface area contributed by atoms with Gasteiger partial charge in [-0.05, 0) is 37.1 Å². The number of fused-ring (bicyclic) bond motifs is 1. The van der Waals surface area contributed by atoms with Gasteiger partial charge < -0.3 is 10.1 Å². The zero-order chi connectivity index (χ0) is 13.1. The van der Waals surface area contributed by atoms with Crippen molar-refractivity contribution < 1.29 is 9.13 Å². The fraction of sp³-hybridized carbons (Fsp3) is 0.600. The minimum absolute atomic E-state index is 0. The van der Waals surface area contributed by atoms with E-state index >= 15 is 0 Å². The van der Waals surface area contributed by atoms with Gasteiger partial charge in [-0.3, -0.25) is 4.90 Å². The summed E-state index contributed by atoms with van der Waals surface area (Å²) in [7, 11) is 0. The number of nitrogens with one attached hydrogen (secondary N) is 1. The maximum absolute atomic E-state index is 12.8. The average molecular weight is 337 g/mol. The van der Waals surface area contributed by atoms with Crippen LogP contribution in [0.1, 0.15) is 12.8 Å². The van der Waals surface area contributed by atoms with Crippen molar-refractivity contribution in [2.24, 2.45) is 5.92 Å². The Kier molecular flexibility index (Phi) is 7.74. The van der Waals surface area contributed by atoms with Crippen molar-refractivity contribution in [1.29, 1.82) is 0 Å². The molecule has 3 rings (SSSR count). The first kappa shape index (κ1) is 18.5. The molecule has 0 bridgehead atoms. The SMILES string of the molecule is Cl.Cl.Fc1ccc(OC[C@H]2CCC3CNCCN3C2)cc1. The van der Waals surface area contributed by atoms with E-state index in [9.17, 15) is 4.39 Å². The second-order valence-corrected chi connectivity index (χ2v) is 5.56. The maximum Gasteiger partial charge on any atom is 0.123 e. The molecule has 6 heteroatoms. The first-order valence-corrected chi connectivity index (χ1v) is 7.14. The number of piperazine rings is 1. The lowest BCUT2D eigenvalue weighted by molar-refractivity contribution is 0.0650. The van der Waals surface area contributed by atoms with Crippen LogP contribution in [0.2, 0.25) is 0 Å². The highest BCUT2D eigenvalue weighted by Crippen LogP contribution is 2.24. The van der Waals surface area contributed by atoms with Gasteiger partial charge in [-0.2, -0.15) is 0 Å². The van der Waals surface area contributed by atoms with E-state index in [1.165, 1.54) is 25.0 Å². The largest absolute Gasteiger partial charge is 0.493 e. The summed E-state index contributed by atoms with van der Waals surface area (Å²) in [6.07, 6.45) is 2.48. The van der Waals surface area contributed by atoms with E-state index in [-0.39, 0.29) is 30.6 Å². The van der Waals surface area contributed by atoms with E-state index in [1.807, 2.05) is 0 Å². The first-order chi connectivity index (χ1) is 9.31. The van der Waals surface area contributed by atoms with E-state index in [1.54, 1.807) is 12.1 Å². The summed E-state index contributed by atoms with van der Waals surface area (Å²) in [5.41, 5.74) is 0. The highest BCUT2D eigenvalue weighted by molar-refractivity contribution is 5.85. The van der Waals surface area contributed by atoms with Gasteiger partial charge in [-0.25, -0.2) is 4.39 Å². The molecule has 0 saturated carbocycles. The molecule has 2 atom stereocenters. The maximum atomic E-state index is 12.8. The van der Waals surface area contributed by atoms with Crippen LogP contribution in [0.4, 0.5) is 4.39 Å². The van der Waals surface area contributed by atoms with Gasteiger partial charge in [-0.1, -0.05) is 0 Å². The Morgan fingerprint density at radius 1 is 1.19 bits per heavy atom. The van der Waals surface area contributed by atoms with Gasteiger partial charge >= 0.3 is 0 Å². The van der Waals surface area contributed by atoms with E-state index in [0.29, 0.717) is 5.92 Å². The quantitative estimate of drug-likeness (QED) is 0.918. The fourth-order valence-corrected chi connectivity index (χ4v) is 3.06. The van der Waals surface area contributed by atoms with Gasteiger partial charge in [0.15, 0.2) is 0 Å². The third kappa shape index (κ3) is 4.99. The van der Waals surface area contributed by atoms with Crippen LogP contribution in [0.5, 0.6) is 5.75 Å². The van der Waals surface area contributed by atoms with Crippen molar-refractivity contribution in [2.45, 2.75) is 18.9 Å². The highest BCUT2D eigenvalue weighted by atomic mass is 35.5.